The zero-order valence-electron chi connectivity index (χ0n) is 9.65. The van der Waals surface area contributed by atoms with Crippen molar-refractivity contribution in [3.05, 3.63) is 0 Å². The van der Waals surface area contributed by atoms with E-state index in [1.165, 1.54) is 0 Å². The van der Waals surface area contributed by atoms with Crippen LogP contribution in [-0.2, 0) is 4.79 Å². The minimum Gasteiger partial charge on any atom is -0.392 e. The summed E-state index contributed by atoms with van der Waals surface area (Å²) in [5.41, 5.74) is 2.90. The van der Waals surface area contributed by atoms with Crippen molar-refractivity contribution < 1.29 is 9.90 Å². The molecule has 0 radical (unpaired) electrons. The molecule has 2 heterocycles. The summed E-state index contributed by atoms with van der Waals surface area (Å²) in [6.45, 7) is 4.18. The first kappa shape index (κ1) is 11.8. The van der Waals surface area contributed by atoms with Crippen molar-refractivity contribution in [1.82, 2.24) is 20.7 Å². The van der Waals surface area contributed by atoms with E-state index in [0.717, 1.165) is 26.2 Å². The van der Waals surface area contributed by atoms with Crippen LogP contribution in [0.2, 0.25) is 0 Å². The van der Waals surface area contributed by atoms with Gasteiger partial charge in [-0.3, -0.25) is 10.2 Å². The molecule has 2 aliphatic rings. The Morgan fingerprint density at radius 3 is 2.62 bits per heavy atom. The lowest BCUT2D eigenvalue weighted by Gasteiger charge is -2.33. The Hall–Kier alpha value is -0.690. The van der Waals surface area contributed by atoms with Gasteiger partial charge in [0.25, 0.3) is 5.91 Å². The molecular formula is C10H20N4O2. The Morgan fingerprint density at radius 1 is 1.38 bits per heavy atom. The molecule has 6 nitrogen and oxygen atoms in total. The van der Waals surface area contributed by atoms with Crippen LogP contribution in [-0.4, -0.2) is 72.8 Å². The van der Waals surface area contributed by atoms with Crippen LogP contribution in [0.5, 0.6) is 0 Å². The number of carbonyl (C=O) groups excluding carboxylic acids is 1. The van der Waals surface area contributed by atoms with Crippen molar-refractivity contribution in [2.75, 3.05) is 39.8 Å². The van der Waals surface area contributed by atoms with Gasteiger partial charge < -0.3 is 15.3 Å². The van der Waals surface area contributed by atoms with E-state index in [1.54, 1.807) is 0 Å². The Balaban J connectivity index is 1.75. The number of hydrazine groups is 1. The fraction of sp³-hybridized carbons (Fsp3) is 0.900. The average molecular weight is 228 g/mol. The Labute approximate surface area is 95.6 Å². The molecule has 16 heavy (non-hydrogen) atoms. The number of likely N-dealkylation sites (N-methyl/N-ethyl adjacent to an activating group) is 1. The lowest BCUT2D eigenvalue weighted by molar-refractivity contribution is -0.128. The summed E-state index contributed by atoms with van der Waals surface area (Å²) >= 11 is 0. The predicted octanol–water partition coefficient (Wildman–Crippen LogP) is -2.01. The maximum Gasteiger partial charge on any atom is 0.251 e. The first-order valence-corrected chi connectivity index (χ1v) is 5.80. The van der Waals surface area contributed by atoms with Crippen LogP contribution >= 0.6 is 0 Å². The first-order chi connectivity index (χ1) is 7.65. The molecular weight excluding hydrogens is 208 g/mol. The molecule has 0 bridgehead atoms. The molecule has 2 saturated heterocycles. The third kappa shape index (κ3) is 2.91. The summed E-state index contributed by atoms with van der Waals surface area (Å²) in [6.07, 6.45) is 0.128. The lowest BCUT2D eigenvalue weighted by Crippen LogP contribution is -2.55. The molecule has 0 saturated carbocycles. The minimum absolute atomic E-state index is 0.0268. The summed E-state index contributed by atoms with van der Waals surface area (Å²) < 4.78 is 0. The third-order valence-electron chi connectivity index (χ3n) is 3.20. The van der Waals surface area contributed by atoms with E-state index < -0.39 is 0 Å². The van der Waals surface area contributed by atoms with Crippen LogP contribution in [0.4, 0.5) is 0 Å². The van der Waals surface area contributed by atoms with Crippen LogP contribution < -0.4 is 10.7 Å². The van der Waals surface area contributed by atoms with Gasteiger partial charge in [0.15, 0.2) is 0 Å². The molecule has 2 rings (SSSR count). The van der Waals surface area contributed by atoms with E-state index in [-0.39, 0.29) is 18.1 Å². The number of rotatable bonds is 2. The standard InChI is InChI=1S/C10H20N4O2/c1-13-2-4-14(5-3-13)12-10(16)9-6-8(15)7-11-9/h8-9,11,15H,2-7H2,1H3,(H,12,16). The molecule has 1 amide bonds. The number of hydrogen-bond donors (Lipinski definition) is 3. The van der Waals surface area contributed by atoms with Gasteiger partial charge in [0.05, 0.1) is 12.1 Å². The Bertz CT molecular complexity index is 253. The largest absolute Gasteiger partial charge is 0.392 e. The van der Waals surface area contributed by atoms with Gasteiger partial charge in [-0.15, -0.1) is 0 Å². The number of piperazine rings is 1. The number of aliphatic hydroxyl groups is 1. The number of aliphatic hydroxyl groups excluding tert-OH is 1. The molecule has 0 aliphatic carbocycles. The topological polar surface area (TPSA) is 67.8 Å². The number of nitrogens with zero attached hydrogens (tertiary/aromatic N) is 2. The summed E-state index contributed by atoms with van der Waals surface area (Å²) in [5.74, 6) is -0.0268. The molecule has 92 valence electrons. The van der Waals surface area contributed by atoms with E-state index in [0.29, 0.717) is 13.0 Å². The first-order valence-electron chi connectivity index (χ1n) is 5.80. The van der Waals surface area contributed by atoms with Gasteiger partial charge >= 0.3 is 0 Å². The second-order valence-electron chi connectivity index (χ2n) is 4.62. The number of amides is 1. The van der Waals surface area contributed by atoms with E-state index in [1.807, 2.05) is 5.01 Å². The van der Waals surface area contributed by atoms with E-state index >= 15 is 0 Å². The number of nitrogens with one attached hydrogen (secondary N) is 2. The maximum atomic E-state index is 11.8. The normalized spacial score (nSPS) is 32.9. The van der Waals surface area contributed by atoms with Crippen molar-refractivity contribution in [3.63, 3.8) is 0 Å². The van der Waals surface area contributed by atoms with Gasteiger partial charge in [-0.25, -0.2) is 5.01 Å². The SMILES string of the molecule is CN1CCN(NC(=O)C2CC(O)CN2)CC1. The number of β-amino-alcohol motifs (C(OH)–C–C–N with tert-alkyl or cyclic N) is 1. The second kappa shape index (κ2) is 5.09. The highest BCUT2D eigenvalue weighted by Crippen LogP contribution is 2.06. The highest BCUT2D eigenvalue weighted by atomic mass is 16.3. The summed E-state index contributed by atoms with van der Waals surface area (Å²) in [4.78, 5) is 14.0. The molecule has 2 aliphatic heterocycles. The maximum absolute atomic E-state index is 11.8. The van der Waals surface area contributed by atoms with Gasteiger partial charge in [0.1, 0.15) is 0 Å². The highest BCUT2D eigenvalue weighted by molar-refractivity contribution is 5.81. The molecule has 2 atom stereocenters. The summed E-state index contributed by atoms with van der Waals surface area (Å²) in [5, 5.41) is 14.3. The fourth-order valence-electron chi connectivity index (χ4n) is 2.07. The van der Waals surface area contributed by atoms with Crippen molar-refractivity contribution in [1.29, 1.82) is 0 Å². The van der Waals surface area contributed by atoms with E-state index in [9.17, 15) is 9.90 Å². The van der Waals surface area contributed by atoms with Gasteiger partial charge in [0, 0.05) is 32.7 Å². The van der Waals surface area contributed by atoms with Gasteiger partial charge in [-0.05, 0) is 13.5 Å². The quantitative estimate of drug-likeness (QED) is 0.509. The lowest BCUT2D eigenvalue weighted by atomic mass is 10.2. The van der Waals surface area contributed by atoms with Crippen LogP contribution in [0, 0.1) is 0 Å². The second-order valence-corrected chi connectivity index (χ2v) is 4.62. The van der Waals surface area contributed by atoms with Crippen LogP contribution in [0.1, 0.15) is 6.42 Å². The van der Waals surface area contributed by atoms with Crippen molar-refractivity contribution in [2.24, 2.45) is 0 Å². The monoisotopic (exact) mass is 228 g/mol. The molecule has 0 aromatic carbocycles. The fourth-order valence-corrected chi connectivity index (χ4v) is 2.07. The minimum atomic E-state index is -0.386. The number of carbonyl (C=O) groups is 1. The van der Waals surface area contributed by atoms with Crippen LogP contribution in [0.15, 0.2) is 0 Å². The highest BCUT2D eigenvalue weighted by Gasteiger charge is 2.29. The van der Waals surface area contributed by atoms with Crippen molar-refractivity contribution in [2.45, 2.75) is 18.6 Å². The van der Waals surface area contributed by atoms with Gasteiger partial charge in [0.2, 0.25) is 0 Å². The molecule has 3 N–H and O–H groups in total. The summed E-state index contributed by atoms with van der Waals surface area (Å²) in [7, 11) is 2.08. The Kier molecular flexibility index (Phi) is 3.75. The molecule has 0 aromatic heterocycles. The van der Waals surface area contributed by atoms with Crippen molar-refractivity contribution in [3.8, 4) is 0 Å². The third-order valence-corrected chi connectivity index (χ3v) is 3.20. The van der Waals surface area contributed by atoms with Crippen LogP contribution in [0.25, 0.3) is 0 Å². The van der Waals surface area contributed by atoms with Gasteiger partial charge in [-0.1, -0.05) is 0 Å². The van der Waals surface area contributed by atoms with Gasteiger partial charge in [-0.2, -0.15) is 0 Å². The zero-order chi connectivity index (χ0) is 11.5. The van der Waals surface area contributed by atoms with E-state index in [4.69, 9.17) is 0 Å². The molecule has 2 fully saturated rings. The zero-order valence-corrected chi connectivity index (χ0v) is 9.65. The van der Waals surface area contributed by atoms with Crippen molar-refractivity contribution >= 4 is 5.91 Å². The number of hydrogen-bond acceptors (Lipinski definition) is 5. The van der Waals surface area contributed by atoms with E-state index in [2.05, 4.69) is 22.7 Å². The smallest absolute Gasteiger partial charge is 0.251 e. The summed E-state index contributed by atoms with van der Waals surface area (Å²) in [6, 6.07) is -0.241. The molecule has 0 spiro atoms. The van der Waals surface area contributed by atoms with Crippen LogP contribution in [0.3, 0.4) is 0 Å². The average Bonchev–Trinajstić information content (AvgIpc) is 2.68. The molecule has 6 heteroatoms. The molecule has 2 unspecified atom stereocenters. The predicted molar refractivity (Wildman–Crippen MR) is 59.6 cm³/mol. The Morgan fingerprint density at radius 2 is 2.06 bits per heavy atom. The molecule has 0 aromatic rings.